The molecule has 0 fully saturated rings. The van der Waals surface area contributed by atoms with Crippen LogP contribution in [0.3, 0.4) is 0 Å². The largest absolute Gasteiger partial charge is 0.0654 e. The first-order valence-corrected chi connectivity index (χ1v) is 17.9. The topological polar surface area (TPSA) is 0 Å². The normalized spacial score (nSPS) is 18.9. The van der Waals surface area contributed by atoms with Gasteiger partial charge in [-0.3, -0.25) is 0 Å². The summed E-state index contributed by atoms with van der Waals surface area (Å²) in [5.41, 5.74) is 12.1. The standard InChI is InChI=1S/C45H54/c1-3-5-7-19-33-45(34-20-8-6-4-2)43-35-39(27-25-37-21-15-11-9-12-16-22-37)29-31-41(43)42-32-30-40(36-44(42)45)28-26-38-23-17-13-10-14-18-24-38/h9-18,21-24,29-32,35-36H,3-8,19-20,25-28,33-34H2,1-2H3/b11-9-,12-9?,13-10-,14-10?,15-11?,16-12-,17-13?,18-14-,21-15?,22-16?,23-17?,24-18?,37-21?,37-22?,38-23?,38-24?. The molecule has 0 heterocycles. The van der Waals surface area contributed by atoms with E-state index in [-0.39, 0.29) is 5.41 Å². The SMILES string of the molecule is CCCCCCC1(CCCCCC)c2cc(CCC3=C/C=C\C=C/C=C3)ccc2-c2ccc(CCC3=C/C=C\C=C/C=C3)cc21. The quantitative estimate of drug-likeness (QED) is 0.170. The molecule has 0 aromatic heterocycles. The molecule has 0 bridgehead atoms. The molecule has 3 aliphatic carbocycles. The molecular weight excluding hydrogens is 540 g/mol. The van der Waals surface area contributed by atoms with Crippen molar-refractivity contribution in [2.75, 3.05) is 0 Å². The second kappa shape index (κ2) is 17.2. The summed E-state index contributed by atoms with van der Waals surface area (Å²) < 4.78 is 0. The molecule has 45 heavy (non-hydrogen) atoms. The summed E-state index contributed by atoms with van der Waals surface area (Å²) in [5, 5.41) is 0. The summed E-state index contributed by atoms with van der Waals surface area (Å²) in [6.45, 7) is 4.66. The molecule has 0 spiro atoms. The fraction of sp³-hybridized carbons (Fsp3) is 0.378. The highest BCUT2D eigenvalue weighted by molar-refractivity contribution is 5.81. The second-order valence-electron chi connectivity index (χ2n) is 13.2. The molecule has 3 aliphatic rings. The first kappa shape index (κ1) is 32.7. The first-order chi connectivity index (χ1) is 22.2. The van der Waals surface area contributed by atoms with Crippen LogP contribution < -0.4 is 0 Å². The molecule has 2 aromatic rings. The van der Waals surface area contributed by atoms with E-state index in [9.17, 15) is 0 Å². The number of aryl methyl sites for hydroxylation is 2. The summed E-state index contributed by atoms with van der Waals surface area (Å²) in [4.78, 5) is 0. The zero-order chi connectivity index (χ0) is 31.2. The monoisotopic (exact) mass is 594 g/mol. The maximum atomic E-state index is 2.63. The second-order valence-corrected chi connectivity index (χ2v) is 13.2. The van der Waals surface area contributed by atoms with Gasteiger partial charge in [0.1, 0.15) is 0 Å². The van der Waals surface area contributed by atoms with Crippen LogP contribution in [0.4, 0.5) is 0 Å². The van der Waals surface area contributed by atoms with E-state index in [0.29, 0.717) is 0 Å². The van der Waals surface area contributed by atoms with Crippen molar-refractivity contribution < 1.29 is 0 Å². The van der Waals surface area contributed by atoms with Crippen LogP contribution in [0.5, 0.6) is 0 Å². The van der Waals surface area contributed by atoms with E-state index in [1.807, 2.05) is 0 Å². The molecule has 0 aliphatic heterocycles. The lowest BCUT2D eigenvalue weighted by Crippen LogP contribution is -2.26. The summed E-state index contributed by atoms with van der Waals surface area (Å²) in [6, 6.07) is 15.0. The van der Waals surface area contributed by atoms with Crippen molar-refractivity contribution in [2.24, 2.45) is 0 Å². The Morgan fingerprint density at radius 3 is 1.36 bits per heavy atom. The van der Waals surface area contributed by atoms with Gasteiger partial charge in [-0.25, -0.2) is 0 Å². The summed E-state index contributed by atoms with van der Waals surface area (Å²) >= 11 is 0. The van der Waals surface area contributed by atoms with Gasteiger partial charge in [-0.05, 0) is 83.1 Å². The van der Waals surface area contributed by atoms with Crippen molar-refractivity contribution >= 4 is 0 Å². The number of benzene rings is 2. The minimum absolute atomic E-state index is 0.123. The van der Waals surface area contributed by atoms with Crippen molar-refractivity contribution in [2.45, 2.75) is 109 Å². The molecule has 0 heteroatoms. The first-order valence-electron chi connectivity index (χ1n) is 17.9. The summed E-state index contributed by atoms with van der Waals surface area (Å²) in [6.07, 6.45) is 47.8. The smallest absolute Gasteiger partial charge is 0.0215 e. The minimum atomic E-state index is 0.123. The summed E-state index contributed by atoms with van der Waals surface area (Å²) in [7, 11) is 0. The molecular formula is C45H54. The Morgan fingerprint density at radius 2 is 0.889 bits per heavy atom. The molecule has 0 unspecified atom stereocenters. The van der Waals surface area contributed by atoms with E-state index >= 15 is 0 Å². The Kier molecular flexibility index (Phi) is 12.5. The predicted octanol–water partition coefficient (Wildman–Crippen LogP) is 13.0. The minimum Gasteiger partial charge on any atom is -0.0654 e. The Balaban J connectivity index is 1.47. The van der Waals surface area contributed by atoms with Gasteiger partial charge in [0.25, 0.3) is 0 Å². The van der Waals surface area contributed by atoms with Gasteiger partial charge in [0.2, 0.25) is 0 Å². The lowest BCUT2D eigenvalue weighted by Gasteiger charge is -2.33. The van der Waals surface area contributed by atoms with E-state index in [1.165, 1.54) is 97.6 Å². The average Bonchev–Trinajstić information content (AvgIpc) is 3.29. The zero-order valence-corrected chi connectivity index (χ0v) is 27.9. The van der Waals surface area contributed by atoms with Crippen LogP contribution in [0.15, 0.2) is 133 Å². The van der Waals surface area contributed by atoms with E-state index in [0.717, 1.165) is 25.7 Å². The van der Waals surface area contributed by atoms with Crippen LogP contribution in [0.25, 0.3) is 11.1 Å². The number of hydrogen-bond donors (Lipinski definition) is 0. The molecule has 5 rings (SSSR count). The van der Waals surface area contributed by atoms with Gasteiger partial charge in [0.15, 0.2) is 0 Å². The predicted molar refractivity (Wildman–Crippen MR) is 198 cm³/mol. The van der Waals surface area contributed by atoms with Gasteiger partial charge >= 0.3 is 0 Å². The number of fused-ring (bicyclic) bond motifs is 3. The molecule has 0 amide bonds. The third-order valence-corrected chi connectivity index (χ3v) is 9.94. The molecule has 234 valence electrons. The molecule has 0 saturated heterocycles. The van der Waals surface area contributed by atoms with Crippen LogP contribution in [0, 0.1) is 0 Å². The van der Waals surface area contributed by atoms with E-state index in [4.69, 9.17) is 0 Å². The van der Waals surface area contributed by atoms with Gasteiger partial charge in [0, 0.05) is 5.41 Å². The molecule has 0 radical (unpaired) electrons. The van der Waals surface area contributed by atoms with Crippen LogP contribution in [0.1, 0.15) is 113 Å². The summed E-state index contributed by atoms with van der Waals surface area (Å²) in [5.74, 6) is 0. The number of unbranched alkanes of at least 4 members (excludes halogenated alkanes) is 6. The maximum absolute atomic E-state index is 2.63. The third-order valence-electron chi connectivity index (χ3n) is 9.94. The van der Waals surface area contributed by atoms with E-state index < -0.39 is 0 Å². The van der Waals surface area contributed by atoms with Crippen molar-refractivity contribution in [1.82, 2.24) is 0 Å². The number of hydrogen-bond acceptors (Lipinski definition) is 0. The fourth-order valence-electron chi connectivity index (χ4n) is 7.39. The van der Waals surface area contributed by atoms with Gasteiger partial charge in [0.05, 0.1) is 0 Å². The van der Waals surface area contributed by atoms with Crippen LogP contribution >= 0.6 is 0 Å². The van der Waals surface area contributed by atoms with Crippen LogP contribution in [-0.2, 0) is 18.3 Å². The van der Waals surface area contributed by atoms with Crippen molar-refractivity contribution in [3.63, 3.8) is 0 Å². The molecule has 0 nitrogen and oxygen atoms in total. The average molecular weight is 595 g/mol. The Bertz CT molecular complexity index is 1390. The Morgan fingerprint density at radius 1 is 0.444 bits per heavy atom. The van der Waals surface area contributed by atoms with Gasteiger partial charge in [-0.1, -0.05) is 187 Å². The van der Waals surface area contributed by atoms with Crippen LogP contribution in [-0.4, -0.2) is 0 Å². The Labute approximate surface area is 274 Å². The van der Waals surface area contributed by atoms with Crippen LogP contribution in [0.2, 0.25) is 0 Å². The van der Waals surface area contributed by atoms with Gasteiger partial charge < -0.3 is 0 Å². The van der Waals surface area contributed by atoms with Gasteiger partial charge in [-0.15, -0.1) is 0 Å². The van der Waals surface area contributed by atoms with Gasteiger partial charge in [-0.2, -0.15) is 0 Å². The highest BCUT2D eigenvalue weighted by Crippen LogP contribution is 2.55. The zero-order valence-electron chi connectivity index (χ0n) is 27.9. The maximum Gasteiger partial charge on any atom is 0.0215 e. The van der Waals surface area contributed by atoms with Crippen molar-refractivity contribution in [1.29, 1.82) is 0 Å². The molecule has 0 saturated carbocycles. The molecule has 0 atom stereocenters. The fourth-order valence-corrected chi connectivity index (χ4v) is 7.39. The number of allylic oxidation sites excluding steroid dienone is 16. The third kappa shape index (κ3) is 8.76. The lowest BCUT2D eigenvalue weighted by atomic mass is 9.70. The van der Waals surface area contributed by atoms with Crippen molar-refractivity contribution in [3.8, 4) is 11.1 Å². The highest BCUT2D eigenvalue weighted by atomic mass is 14.4. The van der Waals surface area contributed by atoms with E-state index in [2.05, 4.69) is 135 Å². The molecule has 0 N–H and O–H groups in total. The van der Waals surface area contributed by atoms with E-state index in [1.54, 1.807) is 11.1 Å². The lowest BCUT2D eigenvalue weighted by molar-refractivity contribution is 0.400. The molecule has 2 aromatic carbocycles. The highest BCUT2D eigenvalue weighted by Gasteiger charge is 2.42. The Hall–Kier alpha value is -3.64. The number of rotatable bonds is 16. The van der Waals surface area contributed by atoms with Crippen molar-refractivity contribution in [3.05, 3.63) is 155 Å².